The second kappa shape index (κ2) is 5.64. The van der Waals surface area contributed by atoms with Crippen molar-refractivity contribution in [2.24, 2.45) is 0 Å². The molecule has 3 aromatic rings. The molecule has 100 valence electrons. The van der Waals surface area contributed by atoms with Crippen LogP contribution in [0.1, 0.15) is 0 Å². The van der Waals surface area contributed by atoms with Gasteiger partial charge >= 0.3 is 0 Å². The van der Waals surface area contributed by atoms with Crippen molar-refractivity contribution >= 4 is 40.1 Å². The number of halogens is 1. The molecule has 1 N–H and O–H groups in total. The van der Waals surface area contributed by atoms with Crippen LogP contribution >= 0.6 is 23.4 Å². The van der Waals surface area contributed by atoms with Crippen LogP contribution in [0.5, 0.6) is 0 Å². The van der Waals surface area contributed by atoms with Gasteiger partial charge in [-0.25, -0.2) is 0 Å². The molecule has 0 aliphatic carbocycles. The minimum Gasteiger partial charge on any atom is -0.357 e. The monoisotopic (exact) mass is 302 g/mol. The number of benzene rings is 2. The molecule has 0 bridgehead atoms. The molecule has 0 unspecified atom stereocenters. The van der Waals surface area contributed by atoms with Gasteiger partial charge in [-0.05, 0) is 46.3 Å². The second-order valence-electron chi connectivity index (χ2n) is 4.07. The van der Waals surface area contributed by atoms with Crippen LogP contribution < -0.4 is 5.32 Å². The molecule has 3 rings (SSSR count). The lowest BCUT2D eigenvalue weighted by Crippen LogP contribution is -1.99. The van der Waals surface area contributed by atoms with E-state index in [4.69, 9.17) is 11.6 Å². The van der Waals surface area contributed by atoms with E-state index in [-0.39, 0.29) is 5.28 Å². The average molecular weight is 303 g/mol. The topological polar surface area (TPSA) is 50.7 Å². The molecular weight excluding hydrogens is 292 g/mol. The maximum Gasteiger partial charge on any atom is 0.228 e. The van der Waals surface area contributed by atoms with Crippen molar-refractivity contribution in [3.05, 3.63) is 47.7 Å². The molecule has 0 atom stereocenters. The zero-order chi connectivity index (χ0) is 13.9. The summed E-state index contributed by atoms with van der Waals surface area (Å²) < 4.78 is 0. The smallest absolute Gasteiger partial charge is 0.228 e. The molecule has 0 saturated heterocycles. The maximum atomic E-state index is 5.87. The van der Waals surface area contributed by atoms with Crippen LogP contribution in [0.3, 0.4) is 0 Å². The Labute approximate surface area is 125 Å². The van der Waals surface area contributed by atoms with Crippen molar-refractivity contribution in [3.63, 3.8) is 0 Å². The van der Waals surface area contributed by atoms with Crippen LogP contribution in [-0.4, -0.2) is 22.0 Å². The Morgan fingerprint density at radius 1 is 1.00 bits per heavy atom. The Kier molecular flexibility index (Phi) is 3.71. The summed E-state index contributed by atoms with van der Waals surface area (Å²) in [5, 5.41) is 6.02. The minimum atomic E-state index is 0.188. The number of fused-ring (bicyclic) bond motifs is 1. The number of hydrogen-bond donors (Lipinski definition) is 1. The molecule has 0 saturated carbocycles. The minimum absolute atomic E-state index is 0.188. The summed E-state index contributed by atoms with van der Waals surface area (Å²) >= 11 is 7.33. The molecule has 0 fully saturated rings. The van der Waals surface area contributed by atoms with E-state index in [2.05, 4.69) is 44.5 Å². The van der Waals surface area contributed by atoms with Gasteiger partial charge in [0.2, 0.25) is 11.2 Å². The predicted octanol–water partition coefficient (Wildman–Crippen LogP) is 3.87. The van der Waals surface area contributed by atoms with Crippen molar-refractivity contribution in [2.75, 3.05) is 12.4 Å². The molecule has 2 aromatic carbocycles. The van der Waals surface area contributed by atoms with E-state index in [1.54, 1.807) is 7.05 Å². The summed E-state index contributed by atoms with van der Waals surface area (Å²) in [7, 11) is 1.75. The van der Waals surface area contributed by atoms with Crippen LogP contribution in [0.4, 0.5) is 5.95 Å². The molecule has 0 aliphatic rings. The van der Waals surface area contributed by atoms with Gasteiger partial charge in [0.05, 0.1) is 0 Å². The van der Waals surface area contributed by atoms with Gasteiger partial charge in [0.15, 0.2) is 5.16 Å². The SMILES string of the molecule is CNc1nc(Cl)nc(Sc2ccc3ccccc3c2)n1. The normalized spacial score (nSPS) is 10.7. The fraction of sp³-hybridized carbons (Fsp3) is 0.0714. The zero-order valence-corrected chi connectivity index (χ0v) is 12.2. The molecule has 0 spiro atoms. The van der Waals surface area contributed by atoms with Gasteiger partial charge in [-0.1, -0.05) is 30.3 Å². The van der Waals surface area contributed by atoms with E-state index < -0.39 is 0 Å². The van der Waals surface area contributed by atoms with Gasteiger partial charge in [-0.2, -0.15) is 15.0 Å². The summed E-state index contributed by atoms with van der Waals surface area (Å²) in [6, 6.07) is 14.5. The lowest BCUT2D eigenvalue weighted by atomic mass is 10.1. The Morgan fingerprint density at radius 2 is 1.80 bits per heavy atom. The van der Waals surface area contributed by atoms with Gasteiger partial charge in [0.25, 0.3) is 0 Å². The summed E-state index contributed by atoms with van der Waals surface area (Å²) in [6.45, 7) is 0. The molecule has 20 heavy (non-hydrogen) atoms. The lowest BCUT2D eigenvalue weighted by molar-refractivity contribution is 0.908. The first-order valence-electron chi connectivity index (χ1n) is 6.00. The van der Waals surface area contributed by atoms with E-state index in [1.807, 2.05) is 18.2 Å². The molecule has 1 aromatic heterocycles. The fourth-order valence-corrected chi connectivity index (χ4v) is 2.83. The van der Waals surface area contributed by atoms with Gasteiger partial charge in [0, 0.05) is 11.9 Å². The first-order valence-corrected chi connectivity index (χ1v) is 7.20. The molecule has 0 radical (unpaired) electrons. The molecule has 4 nitrogen and oxygen atoms in total. The van der Waals surface area contributed by atoms with E-state index >= 15 is 0 Å². The molecule has 0 amide bonds. The molecule has 0 aliphatic heterocycles. The Morgan fingerprint density at radius 3 is 2.60 bits per heavy atom. The van der Waals surface area contributed by atoms with Crippen molar-refractivity contribution in [1.82, 2.24) is 15.0 Å². The van der Waals surface area contributed by atoms with Gasteiger partial charge < -0.3 is 5.32 Å². The van der Waals surface area contributed by atoms with Crippen molar-refractivity contribution in [1.29, 1.82) is 0 Å². The van der Waals surface area contributed by atoms with E-state index in [0.29, 0.717) is 11.1 Å². The predicted molar refractivity (Wildman–Crippen MR) is 82.5 cm³/mol. The molecular formula is C14H11ClN4S. The summed E-state index contributed by atoms with van der Waals surface area (Å²) in [4.78, 5) is 13.4. The van der Waals surface area contributed by atoms with Crippen molar-refractivity contribution in [3.8, 4) is 0 Å². The number of aromatic nitrogens is 3. The highest BCUT2D eigenvalue weighted by molar-refractivity contribution is 7.99. The second-order valence-corrected chi connectivity index (χ2v) is 5.45. The van der Waals surface area contributed by atoms with Crippen LogP contribution in [-0.2, 0) is 0 Å². The average Bonchev–Trinajstić information content (AvgIpc) is 2.46. The highest BCUT2D eigenvalue weighted by atomic mass is 35.5. The quantitative estimate of drug-likeness (QED) is 0.796. The number of nitrogens with one attached hydrogen (secondary N) is 1. The first-order chi connectivity index (χ1) is 9.74. The van der Waals surface area contributed by atoms with Crippen LogP contribution in [0.25, 0.3) is 10.8 Å². The number of nitrogens with zero attached hydrogens (tertiary/aromatic N) is 3. The third kappa shape index (κ3) is 2.84. The van der Waals surface area contributed by atoms with Gasteiger partial charge in [0.1, 0.15) is 0 Å². The van der Waals surface area contributed by atoms with E-state index in [1.165, 1.54) is 22.5 Å². The highest BCUT2D eigenvalue weighted by Crippen LogP contribution is 2.28. The number of hydrogen-bond acceptors (Lipinski definition) is 5. The summed E-state index contributed by atoms with van der Waals surface area (Å²) in [5.74, 6) is 0.466. The zero-order valence-electron chi connectivity index (χ0n) is 10.7. The highest BCUT2D eigenvalue weighted by Gasteiger charge is 2.06. The fourth-order valence-electron chi connectivity index (χ4n) is 1.83. The largest absolute Gasteiger partial charge is 0.357 e. The number of anilines is 1. The van der Waals surface area contributed by atoms with Gasteiger partial charge in [-0.15, -0.1) is 0 Å². The third-order valence-electron chi connectivity index (χ3n) is 2.74. The lowest BCUT2D eigenvalue weighted by Gasteiger charge is -2.04. The van der Waals surface area contributed by atoms with E-state index in [9.17, 15) is 0 Å². The standard InChI is InChI=1S/C14H11ClN4S/c1-16-13-17-12(15)18-14(19-13)20-11-7-6-9-4-2-3-5-10(9)8-11/h2-8H,1H3,(H,16,17,18,19). The first kappa shape index (κ1) is 13.1. The summed E-state index contributed by atoms with van der Waals surface area (Å²) in [5.41, 5.74) is 0. The Bertz CT molecular complexity index is 763. The van der Waals surface area contributed by atoms with Crippen molar-refractivity contribution in [2.45, 2.75) is 10.1 Å². The van der Waals surface area contributed by atoms with Crippen LogP contribution in [0.2, 0.25) is 5.28 Å². The van der Waals surface area contributed by atoms with Gasteiger partial charge in [-0.3, -0.25) is 0 Å². The Balaban J connectivity index is 1.94. The van der Waals surface area contributed by atoms with E-state index in [0.717, 1.165) is 4.90 Å². The Hall–Kier alpha value is -1.85. The molecule has 6 heteroatoms. The number of rotatable bonds is 3. The summed E-state index contributed by atoms with van der Waals surface area (Å²) in [6.07, 6.45) is 0. The van der Waals surface area contributed by atoms with Crippen LogP contribution in [0, 0.1) is 0 Å². The molecule has 1 heterocycles. The maximum absolute atomic E-state index is 5.87. The van der Waals surface area contributed by atoms with Crippen molar-refractivity contribution < 1.29 is 0 Å². The third-order valence-corrected chi connectivity index (χ3v) is 3.77. The van der Waals surface area contributed by atoms with Crippen LogP contribution in [0.15, 0.2) is 52.5 Å².